The van der Waals surface area contributed by atoms with Crippen molar-refractivity contribution in [1.82, 2.24) is 10.6 Å². The molecule has 144 valence electrons. The summed E-state index contributed by atoms with van der Waals surface area (Å²) < 4.78 is 10.5. The lowest BCUT2D eigenvalue weighted by atomic mass is 10.2. The number of amides is 2. The molecule has 0 aromatic heterocycles. The Balaban J connectivity index is 1.70. The molecule has 0 aliphatic rings. The van der Waals surface area contributed by atoms with Crippen LogP contribution in [0, 0.1) is 0 Å². The number of nitrogens with one attached hydrogen (secondary N) is 2. The number of carbonyl (C=O) groups is 2. The van der Waals surface area contributed by atoms with Crippen molar-refractivity contribution < 1.29 is 19.1 Å². The molecule has 0 fully saturated rings. The molecular weight excluding hydrogens is 368 g/mol. The molecule has 0 saturated carbocycles. The maximum atomic E-state index is 12.0. The number of hydrogen-bond acceptors (Lipinski definition) is 4. The normalized spacial score (nSPS) is 10.2. The first-order valence-electron chi connectivity index (χ1n) is 8.55. The summed E-state index contributed by atoms with van der Waals surface area (Å²) in [4.78, 5) is 23.9. The molecule has 0 aliphatic carbocycles. The summed E-state index contributed by atoms with van der Waals surface area (Å²) in [5.41, 5.74) is 1.40. The van der Waals surface area contributed by atoms with Crippen molar-refractivity contribution in [2.75, 3.05) is 20.8 Å². The van der Waals surface area contributed by atoms with Crippen molar-refractivity contribution in [3.63, 3.8) is 0 Å². The third-order valence-electron chi connectivity index (χ3n) is 3.94. The fourth-order valence-corrected chi connectivity index (χ4v) is 2.56. The van der Waals surface area contributed by atoms with E-state index in [1.807, 2.05) is 12.1 Å². The summed E-state index contributed by atoms with van der Waals surface area (Å²) in [6.07, 6.45) is 0.865. The van der Waals surface area contributed by atoms with E-state index in [1.54, 1.807) is 44.6 Å². The SMILES string of the molecule is COc1ccc(CNC(=O)CCCNC(=O)c2ccc(Cl)cc2)c(OC)c1. The molecule has 0 saturated heterocycles. The maximum Gasteiger partial charge on any atom is 0.251 e. The highest BCUT2D eigenvalue weighted by Gasteiger charge is 2.08. The van der Waals surface area contributed by atoms with Crippen LogP contribution in [0.4, 0.5) is 0 Å². The highest BCUT2D eigenvalue weighted by Crippen LogP contribution is 2.24. The van der Waals surface area contributed by atoms with Gasteiger partial charge in [-0.25, -0.2) is 0 Å². The third kappa shape index (κ3) is 6.49. The summed E-state index contributed by atoms with van der Waals surface area (Å²) in [5, 5.41) is 6.21. The molecular formula is C20H23ClN2O4. The van der Waals surface area contributed by atoms with Crippen LogP contribution < -0.4 is 20.1 Å². The van der Waals surface area contributed by atoms with Gasteiger partial charge in [-0.3, -0.25) is 9.59 Å². The molecule has 2 N–H and O–H groups in total. The number of ether oxygens (including phenoxy) is 2. The third-order valence-corrected chi connectivity index (χ3v) is 4.19. The Hall–Kier alpha value is -2.73. The van der Waals surface area contributed by atoms with Crippen molar-refractivity contribution >= 4 is 23.4 Å². The number of carbonyl (C=O) groups excluding carboxylic acids is 2. The molecule has 7 heteroatoms. The molecule has 2 aromatic carbocycles. The van der Waals surface area contributed by atoms with Gasteiger partial charge in [-0.05, 0) is 42.8 Å². The highest BCUT2D eigenvalue weighted by molar-refractivity contribution is 6.30. The van der Waals surface area contributed by atoms with Crippen LogP contribution in [0.3, 0.4) is 0 Å². The van der Waals surface area contributed by atoms with Crippen LogP contribution in [-0.2, 0) is 11.3 Å². The zero-order valence-electron chi connectivity index (χ0n) is 15.4. The summed E-state index contributed by atoms with van der Waals surface area (Å²) in [6.45, 7) is 0.782. The first-order chi connectivity index (χ1) is 13.0. The van der Waals surface area contributed by atoms with Gasteiger partial charge in [-0.1, -0.05) is 11.6 Å². The summed E-state index contributed by atoms with van der Waals surface area (Å²) in [5.74, 6) is 1.08. The number of hydrogen-bond donors (Lipinski definition) is 2. The molecule has 6 nitrogen and oxygen atoms in total. The van der Waals surface area contributed by atoms with Gasteiger partial charge >= 0.3 is 0 Å². The summed E-state index contributed by atoms with van der Waals surface area (Å²) >= 11 is 5.80. The first kappa shape index (κ1) is 20.6. The van der Waals surface area contributed by atoms with Gasteiger partial charge in [0.2, 0.25) is 5.91 Å². The Bertz CT molecular complexity index is 778. The smallest absolute Gasteiger partial charge is 0.251 e. The number of benzene rings is 2. The fourth-order valence-electron chi connectivity index (χ4n) is 2.43. The van der Waals surface area contributed by atoms with E-state index in [9.17, 15) is 9.59 Å². The lowest BCUT2D eigenvalue weighted by Gasteiger charge is -2.11. The molecule has 0 atom stereocenters. The van der Waals surface area contributed by atoms with Crippen LogP contribution in [0.5, 0.6) is 11.5 Å². The summed E-state index contributed by atoms with van der Waals surface area (Å²) in [7, 11) is 3.16. The van der Waals surface area contributed by atoms with E-state index in [4.69, 9.17) is 21.1 Å². The second-order valence-electron chi connectivity index (χ2n) is 5.82. The number of halogens is 1. The molecule has 2 amide bonds. The van der Waals surface area contributed by atoms with Gasteiger partial charge in [0.15, 0.2) is 0 Å². The standard InChI is InChI=1S/C20H23ClN2O4/c1-26-17-10-7-15(18(12-17)27-2)13-23-19(24)4-3-11-22-20(25)14-5-8-16(21)9-6-14/h5-10,12H,3-4,11,13H2,1-2H3,(H,22,25)(H,23,24). The average Bonchev–Trinajstić information content (AvgIpc) is 2.69. The van der Waals surface area contributed by atoms with E-state index >= 15 is 0 Å². The predicted molar refractivity (Wildman–Crippen MR) is 104 cm³/mol. The van der Waals surface area contributed by atoms with Crippen LogP contribution in [-0.4, -0.2) is 32.6 Å². The van der Waals surface area contributed by atoms with Crippen molar-refractivity contribution in [2.45, 2.75) is 19.4 Å². The first-order valence-corrected chi connectivity index (χ1v) is 8.92. The molecule has 0 spiro atoms. The van der Waals surface area contributed by atoms with Gasteiger partial charge in [0, 0.05) is 41.7 Å². The van der Waals surface area contributed by atoms with Crippen molar-refractivity contribution in [3.8, 4) is 11.5 Å². The number of rotatable bonds is 9. The minimum Gasteiger partial charge on any atom is -0.497 e. The van der Waals surface area contributed by atoms with Crippen LogP contribution in [0.1, 0.15) is 28.8 Å². The Morgan fingerprint density at radius 2 is 1.74 bits per heavy atom. The Morgan fingerprint density at radius 3 is 2.41 bits per heavy atom. The van der Waals surface area contributed by atoms with E-state index in [0.717, 1.165) is 5.56 Å². The Kier molecular flexibility index (Phi) is 7.95. The largest absolute Gasteiger partial charge is 0.497 e. The molecule has 27 heavy (non-hydrogen) atoms. The van der Waals surface area contributed by atoms with E-state index in [-0.39, 0.29) is 11.8 Å². The maximum absolute atomic E-state index is 12.0. The summed E-state index contributed by atoms with van der Waals surface area (Å²) in [6, 6.07) is 12.1. The lowest BCUT2D eigenvalue weighted by Crippen LogP contribution is -2.27. The minimum atomic E-state index is -0.185. The van der Waals surface area contributed by atoms with Crippen LogP contribution in [0.15, 0.2) is 42.5 Å². The Labute approximate surface area is 163 Å². The topological polar surface area (TPSA) is 76.7 Å². The van der Waals surface area contributed by atoms with Gasteiger partial charge < -0.3 is 20.1 Å². The quantitative estimate of drug-likeness (QED) is 0.645. The predicted octanol–water partition coefficient (Wildman–Crippen LogP) is 3.18. The van der Waals surface area contributed by atoms with Crippen LogP contribution in [0.2, 0.25) is 5.02 Å². The Morgan fingerprint density at radius 1 is 1.00 bits per heavy atom. The second-order valence-corrected chi connectivity index (χ2v) is 6.26. The molecule has 0 bridgehead atoms. The van der Waals surface area contributed by atoms with Crippen LogP contribution in [0.25, 0.3) is 0 Å². The van der Waals surface area contributed by atoms with Gasteiger partial charge in [0.25, 0.3) is 5.91 Å². The van der Waals surface area contributed by atoms with Gasteiger partial charge in [0.05, 0.1) is 14.2 Å². The van der Waals surface area contributed by atoms with E-state index in [1.165, 1.54) is 0 Å². The van der Waals surface area contributed by atoms with E-state index in [2.05, 4.69) is 10.6 Å². The van der Waals surface area contributed by atoms with Crippen LogP contribution >= 0.6 is 11.6 Å². The molecule has 0 radical (unpaired) electrons. The van der Waals surface area contributed by atoms with Crippen molar-refractivity contribution in [1.29, 1.82) is 0 Å². The minimum absolute atomic E-state index is 0.0892. The van der Waals surface area contributed by atoms with Crippen molar-refractivity contribution in [2.24, 2.45) is 0 Å². The molecule has 2 rings (SSSR count). The number of methoxy groups -OCH3 is 2. The highest BCUT2D eigenvalue weighted by atomic mass is 35.5. The van der Waals surface area contributed by atoms with Crippen molar-refractivity contribution in [3.05, 3.63) is 58.6 Å². The van der Waals surface area contributed by atoms with Gasteiger partial charge in [-0.15, -0.1) is 0 Å². The second kappa shape index (κ2) is 10.4. The lowest BCUT2D eigenvalue weighted by molar-refractivity contribution is -0.121. The zero-order chi connectivity index (χ0) is 19.6. The monoisotopic (exact) mass is 390 g/mol. The van der Waals surface area contributed by atoms with E-state index in [0.29, 0.717) is 48.0 Å². The van der Waals surface area contributed by atoms with Gasteiger partial charge in [0.1, 0.15) is 11.5 Å². The molecule has 0 unspecified atom stereocenters. The molecule has 0 heterocycles. The van der Waals surface area contributed by atoms with E-state index < -0.39 is 0 Å². The molecule has 2 aromatic rings. The van der Waals surface area contributed by atoms with Gasteiger partial charge in [-0.2, -0.15) is 0 Å². The zero-order valence-corrected chi connectivity index (χ0v) is 16.1. The molecule has 0 aliphatic heterocycles. The average molecular weight is 391 g/mol. The fraction of sp³-hybridized carbons (Fsp3) is 0.300.